The van der Waals surface area contributed by atoms with Crippen LogP contribution in [-0.2, 0) is 28.6 Å². The van der Waals surface area contributed by atoms with Crippen molar-refractivity contribution in [2.75, 3.05) is 20.3 Å². The highest BCUT2D eigenvalue weighted by Crippen LogP contribution is 2.14. The van der Waals surface area contributed by atoms with Gasteiger partial charge in [-0.15, -0.1) is 0 Å². The summed E-state index contributed by atoms with van der Waals surface area (Å²) in [6.07, 6.45) is 0.343. The Kier molecular flexibility index (Phi) is 6.14. The van der Waals surface area contributed by atoms with E-state index in [1.807, 2.05) is 0 Å². The second-order valence-electron chi connectivity index (χ2n) is 5.94. The van der Waals surface area contributed by atoms with Gasteiger partial charge in [-0.05, 0) is 27.2 Å². The molecule has 1 amide bonds. The molecule has 0 aromatic heterocycles. The molecule has 1 aliphatic heterocycles. The molecule has 1 N–H and O–H groups in total. The zero-order valence-corrected chi connectivity index (χ0v) is 12.9. The van der Waals surface area contributed by atoms with Gasteiger partial charge in [0.2, 0.25) is 5.91 Å². The fourth-order valence-electron chi connectivity index (χ4n) is 1.92. The molecule has 0 aromatic rings. The number of esters is 2. The van der Waals surface area contributed by atoms with Crippen LogP contribution in [-0.4, -0.2) is 49.8 Å². The highest BCUT2D eigenvalue weighted by molar-refractivity contribution is 5.89. The van der Waals surface area contributed by atoms with Crippen molar-refractivity contribution in [1.29, 1.82) is 0 Å². The number of ether oxygens (including phenoxy) is 3. The molecule has 1 saturated heterocycles. The van der Waals surface area contributed by atoms with Gasteiger partial charge >= 0.3 is 11.9 Å². The molecular weight excluding hydrogens is 278 g/mol. The maximum atomic E-state index is 12.0. The summed E-state index contributed by atoms with van der Waals surface area (Å²) in [5.41, 5.74) is -0.652. The third-order valence-corrected chi connectivity index (χ3v) is 2.89. The predicted octanol–water partition coefficient (Wildman–Crippen LogP) is 0.413. The Morgan fingerprint density at radius 1 is 1.33 bits per heavy atom. The summed E-state index contributed by atoms with van der Waals surface area (Å²) in [5, 5.41) is 2.53. The Balaban J connectivity index is 2.61. The summed E-state index contributed by atoms with van der Waals surface area (Å²) in [6, 6.07) is -1.04. The van der Waals surface area contributed by atoms with Crippen LogP contribution in [0.15, 0.2) is 0 Å². The van der Waals surface area contributed by atoms with Crippen LogP contribution >= 0.6 is 0 Å². The van der Waals surface area contributed by atoms with Gasteiger partial charge in [0.15, 0.2) is 0 Å². The zero-order chi connectivity index (χ0) is 16.0. The number of hydrogen-bond acceptors (Lipinski definition) is 6. The summed E-state index contributed by atoms with van der Waals surface area (Å²) in [4.78, 5) is 35.5. The summed E-state index contributed by atoms with van der Waals surface area (Å²) >= 11 is 0. The summed E-state index contributed by atoms with van der Waals surface area (Å²) in [6.45, 7) is 6.03. The van der Waals surface area contributed by atoms with Crippen LogP contribution in [0.25, 0.3) is 0 Å². The van der Waals surface area contributed by atoms with Crippen molar-refractivity contribution in [2.24, 2.45) is 5.92 Å². The minimum atomic E-state index is -1.04. The number of methoxy groups -OCH3 is 1. The highest BCUT2D eigenvalue weighted by Gasteiger charge is 2.31. The van der Waals surface area contributed by atoms with Gasteiger partial charge in [0.25, 0.3) is 0 Å². The van der Waals surface area contributed by atoms with Gasteiger partial charge in [0.05, 0.1) is 26.1 Å². The normalized spacial score (nSPS) is 19.7. The molecule has 1 rings (SSSR count). The first kappa shape index (κ1) is 17.4. The van der Waals surface area contributed by atoms with Crippen LogP contribution in [0.4, 0.5) is 0 Å². The Morgan fingerprint density at radius 2 is 2.00 bits per heavy atom. The third-order valence-electron chi connectivity index (χ3n) is 2.89. The summed E-state index contributed by atoms with van der Waals surface area (Å²) in [5.74, 6) is -1.85. The average Bonchev–Trinajstić information content (AvgIpc) is 2.88. The van der Waals surface area contributed by atoms with E-state index in [2.05, 4.69) is 10.1 Å². The van der Waals surface area contributed by atoms with Crippen molar-refractivity contribution in [1.82, 2.24) is 5.32 Å². The minimum Gasteiger partial charge on any atom is -0.467 e. The van der Waals surface area contributed by atoms with E-state index >= 15 is 0 Å². The smallest absolute Gasteiger partial charge is 0.328 e. The van der Waals surface area contributed by atoms with Crippen molar-refractivity contribution >= 4 is 17.8 Å². The molecule has 1 fully saturated rings. The Labute approximate surface area is 124 Å². The third kappa shape index (κ3) is 6.12. The monoisotopic (exact) mass is 301 g/mol. The Morgan fingerprint density at radius 3 is 2.48 bits per heavy atom. The van der Waals surface area contributed by atoms with Crippen molar-refractivity contribution in [2.45, 2.75) is 45.3 Å². The van der Waals surface area contributed by atoms with Gasteiger partial charge < -0.3 is 19.5 Å². The lowest BCUT2D eigenvalue weighted by Crippen LogP contribution is -2.46. The molecule has 0 bridgehead atoms. The Bertz CT molecular complexity index is 395. The number of hydrogen-bond donors (Lipinski definition) is 1. The van der Waals surface area contributed by atoms with Crippen molar-refractivity contribution in [3.63, 3.8) is 0 Å². The van der Waals surface area contributed by atoms with Gasteiger partial charge in [-0.2, -0.15) is 0 Å². The fraction of sp³-hybridized carbons (Fsp3) is 0.786. The molecule has 0 aromatic carbocycles. The first-order chi connectivity index (χ1) is 9.73. The molecule has 21 heavy (non-hydrogen) atoms. The van der Waals surface area contributed by atoms with E-state index in [1.165, 1.54) is 7.11 Å². The zero-order valence-electron chi connectivity index (χ0n) is 12.9. The molecule has 1 aliphatic rings. The largest absolute Gasteiger partial charge is 0.467 e. The van der Waals surface area contributed by atoms with Gasteiger partial charge in [0.1, 0.15) is 11.6 Å². The van der Waals surface area contributed by atoms with Gasteiger partial charge in [-0.25, -0.2) is 4.79 Å². The van der Waals surface area contributed by atoms with E-state index in [0.29, 0.717) is 19.6 Å². The number of carbonyl (C=O) groups is 3. The number of amides is 1. The summed E-state index contributed by atoms with van der Waals surface area (Å²) in [7, 11) is 1.20. The van der Waals surface area contributed by atoms with Gasteiger partial charge in [-0.1, -0.05) is 0 Å². The lowest BCUT2D eigenvalue weighted by atomic mass is 10.1. The first-order valence-electron chi connectivity index (χ1n) is 6.90. The number of rotatable bonds is 5. The molecule has 0 unspecified atom stereocenters. The first-order valence-corrected chi connectivity index (χ1v) is 6.90. The lowest BCUT2D eigenvalue weighted by molar-refractivity contribution is -0.159. The SMILES string of the molecule is COC(=O)[C@@H](CC(=O)OC(C)(C)C)NC(=O)[C@H]1CCOC1. The minimum absolute atomic E-state index is 0.261. The molecule has 1 heterocycles. The van der Waals surface area contributed by atoms with E-state index < -0.39 is 23.6 Å². The molecule has 0 radical (unpaired) electrons. The maximum Gasteiger partial charge on any atom is 0.328 e. The van der Waals surface area contributed by atoms with Gasteiger partial charge in [0, 0.05) is 6.61 Å². The quantitative estimate of drug-likeness (QED) is 0.740. The van der Waals surface area contributed by atoms with E-state index in [4.69, 9.17) is 9.47 Å². The van der Waals surface area contributed by atoms with E-state index in [9.17, 15) is 14.4 Å². The molecule has 7 heteroatoms. The van der Waals surface area contributed by atoms with Crippen molar-refractivity contribution in [3.05, 3.63) is 0 Å². The second kappa shape index (κ2) is 7.40. The molecule has 7 nitrogen and oxygen atoms in total. The number of carbonyl (C=O) groups excluding carboxylic acids is 3. The van der Waals surface area contributed by atoms with Crippen LogP contribution in [0, 0.1) is 5.92 Å². The lowest BCUT2D eigenvalue weighted by Gasteiger charge is -2.22. The predicted molar refractivity (Wildman–Crippen MR) is 73.3 cm³/mol. The summed E-state index contributed by atoms with van der Waals surface area (Å²) < 4.78 is 14.9. The molecular formula is C14H23NO6. The van der Waals surface area contributed by atoms with Crippen LogP contribution < -0.4 is 5.32 Å². The van der Waals surface area contributed by atoms with Crippen LogP contribution in [0.2, 0.25) is 0 Å². The van der Waals surface area contributed by atoms with E-state index in [1.54, 1.807) is 20.8 Å². The van der Waals surface area contributed by atoms with Crippen LogP contribution in [0.3, 0.4) is 0 Å². The molecule has 0 saturated carbocycles. The number of nitrogens with one attached hydrogen (secondary N) is 1. The van der Waals surface area contributed by atoms with Crippen molar-refractivity contribution < 1.29 is 28.6 Å². The topological polar surface area (TPSA) is 90.9 Å². The van der Waals surface area contributed by atoms with Crippen molar-refractivity contribution in [3.8, 4) is 0 Å². The standard InChI is InChI=1S/C14H23NO6/c1-14(2,3)21-11(16)7-10(13(18)19-4)15-12(17)9-5-6-20-8-9/h9-10H,5-8H2,1-4H3,(H,15,17)/t9-,10+/m0/s1. The molecule has 0 spiro atoms. The fourth-order valence-corrected chi connectivity index (χ4v) is 1.92. The maximum absolute atomic E-state index is 12.0. The van der Waals surface area contributed by atoms with Crippen LogP contribution in [0.5, 0.6) is 0 Å². The van der Waals surface area contributed by atoms with E-state index in [-0.39, 0.29) is 18.2 Å². The average molecular weight is 301 g/mol. The molecule has 0 aliphatic carbocycles. The van der Waals surface area contributed by atoms with Gasteiger partial charge in [-0.3, -0.25) is 9.59 Å². The molecule has 120 valence electrons. The Hall–Kier alpha value is -1.63. The second-order valence-corrected chi connectivity index (χ2v) is 5.94. The molecule has 2 atom stereocenters. The van der Waals surface area contributed by atoms with E-state index in [0.717, 1.165) is 0 Å². The van der Waals surface area contributed by atoms with Crippen LogP contribution in [0.1, 0.15) is 33.6 Å². The highest BCUT2D eigenvalue weighted by atomic mass is 16.6.